The lowest BCUT2D eigenvalue weighted by Gasteiger charge is -2.48. The van der Waals surface area contributed by atoms with Crippen molar-refractivity contribution in [2.75, 3.05) is 5.75 Å². The fourth-order valence-electron chi connectivity index (χ4n) is 2.69. The first-order valence-corrected chi connectivity index (χ1v) is 9.14. The Balaban J connectivity index is 1.78. The molecule has 0 aliphatic carbocycles. The van der Waals surface area contributed by atoms with Gasteiger partial charge < -0.3 is 10.4 Å². The van der Waals surface area contributed by atoms with Gasteiger partial charge in [0.1, 0.15) is 23.4 Å². The van der Waals surface area contributed by atoms with Gasteiger partial charge in [0.05, 0.1) is 23.0 Å². The fourth-order valence-corrected chi connectivity index (χ4v) is 5.01. The Bertz CT molecular complexity index is 785. The van der Waals surface area contributed by atoms with Crippen LogP contribution in [-0.2, 0) is 36.4 Å². The topological polar surface area (TPSA) is 121 Å². The van der Waals surface area contributed by atoms with Crippen LogP contribution in [-0.4, -0.2) is 55.5 Å². The van der Waals surface area contributed by atoms with Gasteiger partial charge in [-0.3, -0.25) is 23.5 Å². The van der Waals surface area contributed by atoms with Crippen LogP contribution >= 0.6 is 11.3 Å². The number of aliphatic carboxylic acids is 1. The summed E-state index contributed by atoms with van der Waals surface area (Å²) >= 11 is 1.40. The maximum Gasteiger partial charge on any atom is 0.353 e. The number of nitrogens with one attached hydrogen (secondary N) is 1. The zero-order valence-corrected chi connectivity index (χ0v) is 13.8. The van der Waals surface area contributed by atoms with E-state index >= 15 is 0 Å². The summed E-state index contributed by atoms with van der Waals surface area (Å²) in [5, 5.41) is 12.6. The van der Waals surface area contributed by atoms with E-state index in [1.165, 1.54) is 11.3 Å². The molecule has 2 aliphatic rings. The molecule has 3 atom stereocenters. The van der Waals surface area contributed by atoms with Crippen LogP contribution in [0.2, 0.25) is 0 Å². The van der Waals surface area contributed by atoms with E-state index in [0.717, 1.165) is 9.78 Å². The maximum absolute atomic E-state index is 12.2. The van der Waals surface area contributed by atoms with Gasteiger partial charge >= 0.3 is 5.97 Å². The molecule has 1 aromatic heterocycles. The third-order valence-electron chi connectivity index (χ3n) is 3.73. The lowest BCUT2D eigenvalue weighted by Crippen LogP contribution is -2.73. The van der Waals surface area contributed by atoms with Crippen molar-refractivity contribution in [3.8, 4) is 0 Å². The van der Waals surface area contributed by atoms with Gasteiger partial charge in [0.25, 0.3) is 5.91 Å². The predicted octanol–water partition coefficient (Wildman–Crippen LogP) is -0.756. The number of hydrogen-bond donors (Lipinski definition) is 2. The van der Waals surface area contributed by atoms with Gasteiger partial charge in [-0.1, -0.05) is 6.07 Å². The van der Waals surface area contributed by atoms with Crippen LogP contribution in [0.25, 0.3) is 0 Å². The summed E-state index contributed by atoms with van der Waals surface area (Å²) in [4.78, 5) is 48.2. The third-order valence-corrected chi connectivity index (χ3v) is 6.23. The van der Waals surface area contributed by atoms with Crippen LogP contribution in [0.4, 0.5) is 0 Å². The minimum atomic E-state index is -1.66. The molecule has 1 fully saturated rings. The van der Waals surface area contributed by atoms with E-state index in [9.17, 15) is 28.5 Å². The number of carbonyl (C=O) groups is 4. The molecule has 8 nitrogen and oxygen atoms in total. The van der Waals surface area contributed by atoms with Crippen LogP contribution in [0.5, 0.6) is 0 Å². The van der Waals surface area contributed by atoms with E-state index in [2.05, 4.69) is 5.32 Å². The normalized spacial score (nSPS) is 25.8. The molecule has 0 radical (unpaired) electrons. The second kappa shape index (κ2) is 6.29. The number of aldehydes is 1. The van der Waals surface area contributed by atoms with Gasteiger partial charge in [0.2, 0.25) is 5.91 Å². The molecular weight excluding hydrogens is 356 g/mol. The van der Waals surface area contributed by atoms with Crippen molar-refractivity contribution < 1.29 is 28.5 Å². The first-order chi connectivity index (χ1) is 11.4. The molecule has 0 bridgehead atoms. The van der Waals surface area contributed by atoms with Crippen LogP contribution in [0.3, 0.4) is 0 Å². The number of rotatable bonds is 5. The highest BCUT2D eigenvalue weighted by Crippen LogP contribution is 2.34. The average molecular weight is 368 g/mol. The highest BCUT2D eigenvalue weighted by molar-refractivity contribution is 7.86. The summed E-state index contributed by atoms with van der Waals surface area (Å²) in [5.41, 5.74) is -0.642. The fraction of sp³-hybridized carbons (Fsp3) is 0.286. The molecule has 1 aromatic rings. The van der Waals surface area contributed by atoms with Crippen LogP contribution in [0, 0.1) is 0 Å². The highest BCUT2D eigenvalue weighted by atomic mass is 32.2. The molecule has 0 spiro atoms. The van der Waals surface area contributed by atoms with Gasteiger partial charge in [-0.05, 0) is 11.4 Å². The molecular formula is C14H12N2O6S2. The molecule has 3 heterocycles. The Morgan fingerprint density at radius 1 is 1.50 bits per heavy atom. The molecule has 2 N–H and O–H groups in total. The molecule has 2 unspecified atom stereocenters. The number of fused-ring (bicyclic) bond motifs is 1. The zero-order chi connectivity index (χ0) is 17.4. The Hall–Kier alpha value is -2.33. The van der Waals surface area contributed by atoms with Gasteiger partial charge in [-0.25, -0.2) is 4.79 Å². The Morgan fingerprint density at radius 2 is 2.25 bits per heavy atom. The van der Waals surface area contributed by atoms with Gasteiger partial charge in [-0.2, -0.15) is 0 Å². The van der Waals surface area contributed by atoms with Crippen LogP contribution in [0.15, 0.2) is 28.8 Å². The van der Waals surface area contributed by atoms with Crippen molar-refractivity contribution in [3.05, 3.63) is 33.7 Å². The Morgan fingerprint density at radius 3 is 2.83 bits per heavy atom. The van der Waals surface area contributed by atoms with E-state index in [1.807, 2.05) is 5.38 Å². The van der Waals surface area contributed by atoms with Crippen molar-refractivity contribution in [2.24, 2.45) is 0 Å². The van der Waals surface area contributed by atoms with Crippen LogP contribution < -0.4 is 5.32 Å². The Kier molecular flexibility index (Phi) is 4.33. The van der Waals surface area contributed by atoms with Gasteiger partial charge in [0, 0.05) is 10.5 Å². The first kappa shape index (κ1) is 16.5. The number of amides is 2. The number of β-lactam (4-membered cyclic amide) rings is 1. The zero-order valence-electron chi connectivity index (χ0n) is 12.1. The molecule has 10 heteroatoms. The molecule has 1 saturated heterocycles. The summed E-state index contributed by atoms with van der Waals surface area (Å²) in [6.45, 7) is 0. The van der Waals surface area contributed by atoms with E-state index in [4.69, 9.17) is 0 Å². The molecule has 2 amide bonds. The predicted molar refractivity (Wildman–Crippen MR) is 84.3 cm³/mol. The van der Waals surface area contributed by atoms with Crippen molar-refractivity contribution >= 4 is 46.2 Å². The number of thiophene rings is 1. The second-order valence-electron chi connectivity index (χ2n) is 5.22. The molecule has 3 rings (SSSR count). The lowest BCUT2D eigenvalue weighted by atomic mass is 10.0. The van der Waals surface area contributed by atoms with Crippen LogP contribution in [0.1, 0.15) is 4.88 Å². The minimum Gasteiger partial charge on any atom is -0.477 e. The molecule has 2 aliphatic heterocycles. The average Bonchev–Trinajstić information content (AvgIpc) is 3.04. The van der Waals surface area contributed by atoms with Crippen molar-refractivity contribution in [2.45, 2.75) is 17.8 Å². The second-order valence-corrected chi connectivity index (χ2v) is 7.79. The SMILES string of the molecule is O=CC1=C(C(=O)O)N2C(=O)C(NC(=O)Cc3cccs3)[C@H]2S(=O)C1. The van der Waals surface area contributed by atoms with Gasteiger partial charge in [-0.15, -0.1) is 11.3 Å². The van der Waals surface area contributed by atoms with E-state index in [-0.39, 0.29) is 17.7 Å². The van der Waals surface area contributed by atoms with Crippen molar-refractivity contribution in [1.29, 1.82) is 0 Å². The van der Waals surface area contributed by atoms with E-state index < -0.39 is 45.7 Å². The van der Waals surface area contributed by atoms with E-state index in [0.29, 0.717) is 6.29 Å². The number of carboxylic acid groups (broad SMARTS) is 1. The van der Waals surface area contributed by atoms with Crippen molar-refractivity contribution in [3.63, 3.8) is 0 Å². The number of nitrogens with zero attached hydrogens (tertiary/aromatic N) is 1. The largest absolute Gasteiger partial charge is 0.477 e. The molecule has 0 saturated carbocycles. The van der Waals surface area contributed by atoms with Gasteiger partial charge in [0.15, 0.2) is 0 Å². The third kappa shape index (κ3) is 2.67. The maximum atomic E-state index is 12.2. The summed E-state index contributed by atoms with van der Waals surface area (Å²) in [6.07, 6.45) is 0.384. The summed E-state index contributed by atoms with van der Waals surface area (Å²) in [5.74, 6) is -2.77. The van der Waals surface area contributed by atoms with Crippen molar-refractivity contribution in [1.82, 2.24) is 10.2 Å². The quantitative estimate of drug-likeness (QED) is 0.521. The molecule has 24 heavy (non-hydrogen) atoms. The molecule has 126 valence electrons. The molecule has 0 aromatic carbocycles. The Labute approximate surface area is 142 Å². The monoisotopic (exact) mass is 368 g/mol. The van der Waals surface area contributed by atoms with E-state index in [1.54, 1.807) is 12.1 Å². The smallest absolute Gasteiger partial charge is 0.353 e. The summed E-state index contributed by atoms with van der Waals surface area (Å²) in [6, 6.07) is 2.53. The minimum absolute atomic E-state index is 0.0853. The standard InChI is InChI=1S/C14H12N2O6S2/c17-5-7-6-24(22)13-10(12(19)16(13)11(7)14(20)21)15-9(18)4-8-2-1-3-23-8/h1-3,5,10,13H,4,6H2,(H,15,18)(H,20,21)/t10?,13-,24?/m1/s1. The summed E-state index contributed by atoms with van der Waals surface area (Å²) in [7, 11) is -1.66. The first-order valence-electron chi connectivity index (χ1n) is 6.87. The summed E-state index contributed by atoms with van der Waals surface area (Å²) < 4.78 is 12.2. The number of carboxylic acids is 1. The lowest BCUT2D eigenvalue weighted by molar-refractivity contribution is -0.151. The number of hydrogen-bond acceptors (Lipinski definition) is 6. The highest BCUT2D eigenvalue weighted by Gasteiger charge is 2.57. The number of carbonyl (C=O) groups excluding carboxylic acids is 3.